The molecule has 2 fully saturated rings. The number of azide groups is 1. The molecule has 2 aromatic carbocycles. The highest BCUT2D eigenvalue weighted by Crippen LogP contribution is 2.49. The van der Waals surface area contributed by atoms with Crippen LogP contribution in [0.5, 0.6) is 0 Å². The first-order chi connectivity index (χ1) is 19.1. The first kappa shape index (κ1) is 26.8. The fraction of sp³-hybridized carbons (Fsp3) is 0.214. The van der Waals surface area contributed by atoms with E-state index < -0.39 is 49.9 Å². The van der Waals surface area contributed by atoms with E-state index in [0.717, 1.165) is 4.90 Å². The Labute approximate surface area is 229 Å². The average Bonchev–Trinajstić information content (AvgIpc) is 3.10. The van der Waals surface area contributed by atoms with Crippen LogP contribution in [0.1, 0.15) is 47.1 Å². The quantitative estimate of drug-likeness (QED) is 0.111. The van der Waals surface area contributed by atoms with Gasteiger partial charge in [-0.05, 0) is 53.8 Å². The maximum absolute atomic E-state index is 13.7. The van der Waals surface area contributed by atoms with Gasteiger partial charge in [0.2, 0.25) is 5.91 Å². The topological polar surface area (TPSA) is 159 Å². The lowest BCUT2D eigenvalue weighted by molar-refractivity contribution is -0.160. The van der Waals surface area contributed by atoms with E-state index >= 15 is 0 Å². The number of fused-ring (bicyclic) bond motifs is 1. The van der Waals surface area contributed by atoms with Crippen LogP contribution in [0, 0.1) is 0 Å². The molecule has 0 spiro atoms. The summed E-state index contributed by atoms with van der Waals surface area (Å²) in [6, 6.07) is 19.3. The van der Waals surface area contributed by atoms with Crippen molar-refractivity contribution in [2.45, 2.75) is 36.1 Å². The number of β-lactam (4-membered cyclic amide) rings is 1. The minimum Gasteiger partial charge on any atom is -0.451 e. The van der Waals surface area contributed by atoms with Gasteiger partial charge in [0.15, 0.2) is 27.4 Å². The lowest BCUT2D eigenvalue weighted by Gasteiger charge is -2.38. The molecule has 5 rings (SSSR count). The Morgan fingerprint density at radius 2 is 1.68 bits per heavy atom. The summed E-state index contributed by atoms with van der Waals surface area (Å²) < 4.78 is 31.6. The molecular formula is C28H23N5O6S. The molecule has 2 aliphatic rings. The number of hydrogen-bond donors (Lipinski definition) is 0. The van der Waals surface area contributed by atoms with Gasteiger partial charge >= 0.3 is 5.97 Å². The molecule has 202 valence electrons. The highest BCUT2D eigenvalue weighted by molar-refractivity contribution is 7.94. The monoisotopic (exact) mass is 557 g/mol. The Balaban J connectivity index is 1.49. The number of carbonyl (C=O) groups is 3. The Bertz CT molecular complexity index is 1660. The highest BCUT2D eigenvalue weighted by atomic mass is 32.2. The van der Waals surface area contributed by atoms with Crippen LogP contribution in [0.2, 0.25) is 0 Å². The maximum Gasteiger partial charge on any atom is 0.331 e. The molecule has 11 nitrogen and oxygen atoms in total. The molecule has 0 saturated carbocycles. The fourth-order valence-electron chi connectivity index (χ4n) is 5.01. The van der Waals surface area contributed by atoms with Crippen LogP contribution in [0.25, 0.3) is 16.5 Å². The van der Waals surface area contributed by atoms with Crippen molar-refractivity contribution in [2.75, 3.05) is 0 Å². The first-order valence-electron chi connectivity index (χ1n) is 12.2. The summed E-state index contributed by atoms with van der Waals surface area (Å²) in [5.74, 6) is -2.36. The predicted octanol–water partition coefficient (Wildman–Crippen LogP) is 3.99. The molecule has 1 aromatic heterocycles. The van der Waals surface area contributed by atoms with Crippen LogP contribution in [-0.4, -0.2) is 52.2 Å². The van der Waals surface area contributed by atoms with E-state index in [4.69, 9.17) is 10.3 Å². The van der Waals surface area contributed by atoms with Crippen LogP contribution < -0.4 is 0 Å². The molecule has 2 saturated heterocycles. The average molecular weight is 558 g/mol. The predicted molar refractivity (Wildman–Crippen MR) is 144 cm³/mol. The lowest BCUT2D eigenvalue weighted by Crippen LogP contribution is -2.59. The lowest BCUT2D eigenvalue weighted by atomic mass is 9.94. The highest BCUT2D eigenvalue weighted by Gasteiger charge is 2.70. The van der Waals surface area contributed by atoms with E-state index in [2.05, 4.69) is 15.0 Å². The number of esters is 1. The molecule has 0 bridgehead atoms. The van der Waals surface area contributed by atoms with Crippen molar-refractivity contribution in [3.05, 3.63) is 117 Å². The SMILES string of the molecule is CC1(C)[C@H](C(=O)OC(c2ccccc2)c2ccccc2)N2C(=O)/C(=C/c3cc(C(=O)N=[N+]=[N-])ccn3)[C@H]2S1(=O)=O. The summed E-state index contributed by atoms with van der Waals surface area (Å²) in [6.45, 7) is 2.80. The second-order valence-electron chi connectivity index (χ2n) is 9.82. The van der Waals surface area contributed by atoms with Crippen molar-refractivity contribution in [1.29, 1.82) is 0 Å². The molecule has 12 heteroatoms. The van der Waals surface area contributed by atoms with Gasteiger partial charge in [0.25, 0.3) is 5.91 Å². The van der Waals surface area contributed by atoms with Gasteiger partial charge in [0.05, 0.1) is 11.3 Å². The van der Waals surface area contributed by atoms with Gasteiger partial charge in [0.1, 0.15) is 4.75 Å². The zero-order valence-electron chi connectivity index (χ0n) is 21.4. The summed E-state index contributed by atoms with van der Waals surface area (Å²) in [5.41, 5.74) is 9.94. The summed E-state index contributed by atoms with van der Waals surface area (Å²) in [5, 5.41) is 1.64. The van der Waals surface area contributed by atoms with Crippen LogP contribution in [0.3, 0.4) is 0 Å². The number of hydrogen-bond acceptors (Lipinski definition) is 7. The van der Waals surface area contributed by atoms with Crippen molar-refractivity contribution >= 4 is 33.7 Å². The Kier molecular flexibility index (Phi) is 6.74. The molecule has 2 atom stereocenters. The van der Waals surface area contributed by atoms with E-state index in [1.807, 2.05) is 12.1 Å². The third-order valence-corrected chi connectivity index (χ3v) is 9.85. The molecule has 0 radical (unpaired) electrons. The van der Waals surface area contributed by atoms with E-state index in [0.29, 0.717) is 11.1 Å². The summed E-state index contributed by atoms with van der Waals surface area (Å²) in [4.78, 5) is 46.5. The molecule has 3 aromatic rings. The third kappa shape index (κ3) is 4.33. The minimum absolute atomic E-state index is 0.0206. The van der Waals surface area contributed by atoms with Gasteiger partial charge < -0.3 is 9.64 Å². The van der Waals surface area contributed by atoms with E-state index in [1.165, 1.54) is 38.3 Å². The second-order valence-corrected chi connectivity index (χ2v) is 12.4. The van der Waals surface area contributed by atoms with E-state index in [9.17, 15) is 22.8 Å². The van der Waals surface area contributed by atoms with Gasteiger partial charge in [-0.1, -0.05) is 60.7 Å². The number of nitrogens with zero attached hydrogens (tertiary/aromatic N) is 5. The first-order valence-corrected chi connectivity index (χ1v) is 13.8. The van der Waals surface area contributed by atoms with E-state index in [-0.39, 0.29) is 16.8 Å². The number of amides is 2. The largest absolute Gasteiger partial charge is 0.451 e. The number of carbonyl (C=O) groups excluding carboxylic acids is 3. The molecule has 2 aliphatic heterocycles. The fourth-order valence-corrected chi connectivity index (χ4v) is 7.12. The molecule has 0 N–H and O–H groups in total. The Morgan fingerprint density at radius 1 is 1.07 bits per heavy atom. The van der Waals surface area contributed by atoms with Gasteiger partial charge in [-0.2, -0.15) is 0 Å². The Hall–Kier alpha value is -4.80. The zero-order chi connectivity index (χ0) is 28.7. The van der Waals surface area contributed by atoms with Crippen molar-refractivity contribution in [3.63, 3.8) is 0 Å². The second kappa shape index (κ2) is 10.1. The number of sulfone groups is 1. The summed E-state index contributed by atoms with van der Waals surface area (Å²) >= 11 is 0. The van der Waals surface area contributed by atoms with Crippen LogP contribution in [0.4, 0.5) is 0 Å². The van der Waals surface area contributed by atoms with Crippen LogP contribution >= 0.6 is 0 Å². The number of benzene rings is 2. The van der Waals surface area contributed by atoms with E-state index in [1.54, 1.807) is 48.5 Å². The normalized spacial score (nSPS) is 21.3. The molecular weight excluding hydrogens is 534 g/mol. The van der Waals surface area contributed by atoms with Crippen molar-refractivity contribution in [2.24, 2.45) is 5.11 Å². The Morgan fingerprint density at radius 3 is 2.25 bits per heavy atom. The summed E-state index contributed by atoms with van der Waals surface area (Å²) in [7, 11) is -4.09. The number of aromatic nitrogens is 1. The van der Waals surface area contributed by atoms with Crippen LogP contribution in [-0.2, 0) is 24.2 Å². The minimum atomic E-state index is -4.09. The maximum atomic E-state index is 13.7. The number of ether oxygens (including phenoxy) is 1. The van der Waals surface area contributed by atoms with Crippen molar-refractivity contribution < 1.29 is 27.5 Å². The van der Waals surface area contributed by atoms with Crippen molar-refractivity contribution in [1.82, 2.24) is 9.88 Å². The third-order valence-electron chi connectivity index (χ3n) is 7.09. The standard InChI is InChI=1S/C28H23N5O6S/c1-28(2)23(27(36)39-22(17-9-5-3-6-10-17)18-11-7-4-8-12-18)33-25(35)21(26(33)40(28,37)38)16-20-15-19(13-14-30-20)24(34)31-32-29/h3-16,22-23,26H,1-2H3/b21-16-/t23-,26+/m0/s1. The van der Waals surface area contributed by atoms with Crippen molar-refractivity contribution in [3.8, 4) is 0 Å². The summed E-state index contributed by atoms with van der Waals surface area (Å²) in [6.07, 6.45) is 1.71. The zero-order valence-corrected chi connectivity index (χ0v) is 22.2. The van der Waals surface area contributed by atoms with Gasteiger partial charge in [-0.25, -0.2) is 13.2 Å². The molecule has 0 aliphatic carbocycles. The van der Waals surface area contributed by atoms with Gasteiger partial charge in [0, 0.05) is 16.7 Å². The van der Waals surface area contributed by atoms with Crippen LogP contribution in [0.15, 0.2) is 89.7 Å². The molecule has 3 heterocycles. The molecule has 40 heavy (non-hydrogen) atoms. The van der Waals surface area contributed by atoms with Gasteiger partial charge in [-0.3, -0.25) is 14.6 Å². The number of rotatable bonds is 6. The molecule has 0 unspecified atom stereocenters. The number of pyridine rings is 1. The van der Waals surface area contributed by atoms with Gasteiger partial charge in [-0.15, -0.1) is 0 Å². The smallest absolute Gasteiger partial charge is 0.331 e. The molecule has 2 amide bonds.